The highest BCUT2D eigenvalue weighted by Gasteiger charge is 2.54. The minimum absolute atomic E-state index is 0.0312. The molecular formula is C27H23N5O2. The molecule has 1 saturated carbocycles. The van der Waals surface area contributed by atoms with Crippen LogP contribution in [0.2, 0.25) is 0 Å². The molecular weight excluding hydrogens is 426 g/mol. The minimum atomic E-state index is -1.05. The van der Waals surface area contributed by atoms with Crippen molar-refractivity contribution in [3.8, 4) is 0 Å². The smallest absolute Gasteiger partial charge is 0.252 e. The maximum atomic E-state index is 13.2. The lowest BCUT2D eigenvalue weighted by atomic mass is 9.91. The maximum Gasteiger partial charge on any atom is 0.252 e. The van der Waals surface area contributed by atoms with Gasteiger partial charge in [0.1, 0.15) is 5.54 Å². The zero-order valence-corrected chi connectivity index (χ0v) is 18.7. The number of rotatable bonds is 1. The van der Waals surface area contributed by atoms with E-state index in [4.69, 9.17) is 5.73 Å². The first kappa shape index (κ1) is 18.6. The summed E-state index contributed by atoms with van der Waals surface area (Å²) in [6.45, 7) is 0.529. The van der Waals surface area contributed by atoms with E-state index in [1.165, 1.54) is 0 Å². The van der Waals surface area contributed by atoms with Gasteiger partial charge in [-0.3, -0.25) is 9.59 Å². The van der Waals surface area contributed by atoms with Crippen molar-refractivity contribution in [3.05, 3.63) is 59.7 Å². The van der Waals surface area contributed by atoms with E-state index in [0.29, 0.717) is 13.0 Å². The number of nitrogens with two attached hydrogens (primary N) is 1. The van der Waals surface area contributed by atoms with Gasteiger partial charge in [0.2, 0.25) is 5.91 Å². The molecule has 7 nitrogen and oxygen atoms in total. The summed E-state index contributed by atoms with van der Waals surface area (Å²) in [6, 6.07) is 16.5. The Hall–Kier alpha value is -3.84. The molecule has 1 aliphatic carbocycles. The van der Waals surface area contributed by atoms with E-state index >= 15 is 0 Å². The molecule has 0 unspecified atom stereocenters. The van der Waals surface area contributed by atoms with Crippen molar-refractivity contribution in [3.63, 3.8) is 0 Å². The molecule has 7 heteroatoms. The van der Waals surface area contributed by atoms with E-state index in [9.17, 15) is 9.59 Å². The van der Waals surface area contributed by atoms with Crippen LogP contribution in [0.15, 0.2) is 48.5 Å². The number of hydrogen-bond acceptors (Lipinski definition) is 3. The number of carbonyl (C=O) groups is 2. The number of benzene rings is 3. The van der Waals surface area contributed by atoms with Crippen LogP contribution in [0.1, 0.15) is 40.8 Å². The monoisotopic (exact) mass is 449 g/mol. The van der Waals surface area contributed by atoms with Crippen LogP contribution in [0.4, 0.5) is 0 Å². The summed E-state index contributed by atoms with van der Waals surface area (Å²) in [7, 11) is 1.66. The van der Waals surface area contributed by atoms with Crippen molar-refractivity contribution < 1.29 is 9.59 Å². The number of carbonyl (C=O) groups excluding carboxylic acids is 2. The van der Waals surface area contributed by atoms with Gasteiger partial charge in [0.05, 0.1) is 22.6 Å². The average Bonchev–Trinajstić information content (AvgIpc) is 3.55. The predicted octanol–water partition coefficient (Wildman–Crippen LogP) is 3.48. The Morgan fingerprint density at radius 3 is 2.41 bits per heavy atom. The van der Waals surface area contributed by atoms with Gasteiger partial charge >= 0.3 is 0 Å². The van der Waals surface area contributed by atoms with Crippen molar-refractivity contribution in [1.82, 2.24) is 19.8 Å². The van der Waals surface area contributed by atoms with Crippen molar-refractivity contribution in [2.45, 2.75) is 37.0 Å². The van der Waals surface area contributed by atoms with E-state index in [2.05, 4.69) is 56.2 Å². The molecule has 8 rings (SSSR count). The Morgan fingerprint density at radius 2 is 1.68 bits per heavy atom. The summed E-state index contributed by atoms with van der Waals surface area (Å²) >= 11 is 0. The summed E-state index contributed by atoms with van der Waals surface area (Å²) in [5.41, 5.74) is 12.1. The second kappa shape index (κ2) is 5.80. The van der Waals surface area contributed by atoms with Crippen molar-refractivity contribution in [2.75, 3.05) is 7.05 Å². The summed E-state index contributed by atoms with van der Waals surface area (Å²) < 4.78 is 4.71. The van der Waals surface area contributed by atoms with E-state index in [1.807, 2.05) is 12.1 Å². The molecule has 5 aromatic rings. The number of nitrogens with zero attached hydrogens (tertiary/aromatic N) is 2. The predicted molar refractivity (Wildman–Crippen MR) is 132 cm³/mol. The summed E-state index contributed by atoms with van der Waals surface area (Å²) in [5, 5.41) is 10.2. The van der Waals surface area contributed by atoms with Gasteiger partial charge in [-0.15, -0.1) is 0 Å². The van der Waals surface area contributed by atoms with Gasteiger partial charge in [-0.1, -0.05) is 36.4 Å². The second-order valence-corrected chi connectivity index (χ2v) is 9.99. The van der Waals surface area contributed by atoms with Gasteiger partial charge < -0.3 is 25.5 Å². The molecule has 2 amide bonds. The van der Waals surface area contributed by atoms with Gasteiger partial charge in [-0.05, 0) is 30.5 Å². The number of amides is 2. The number of aromatic nitrogens is 2. The topological polar surface area (TPSA) is 94.1 Å². The van der Waals surface area contributed by atoms with E-state index < -0.39 is 5.54 Å². The zero-order chi connectivity index (χ0) is 22.9. The van der Waals surface area contributed by atoms with Crippen LogP contribution in [0, 0.1) is 0 Å². The third kappa shape index (κ3) is 1.84. The molecule has 0 spiro atoms. The van der Waals surface area contributed by atoms with Crippen LogP contribution in [-0.4, -0.2) is 33.5 Å². The maximum absolute atomic E-state index is 13.2. The summed E-state index contributed by atoms with van der Waals surface area (Å²) in [6.07, 6.45) is 1.32. The number of fused-ring (bicyclic) bond motifs is 13. The third-order valence-corrected chi connectivity index (χ3v) is 8.54. The first-order valence-electron chi connectivity index (χ1n) is 11.8. The zero-order valence-electron chi connectivity index (χ0n) is 18.7. The van der Waals surface area contributed by atoms with Crippen LogP contribution in [0.3, 0.4) is 0 Å². The number of nitrogens with one attached hydrogen (secondary N) is 2. The normalized spacial score (nSPS) is 24.9. The molecule has 34 heavy (non-hydrogen) atoms. The molecule has 0 saturated heterocycles. The molecule has 1 fully saturated rings. The standard InChI is InChI=1S/C27H23N5O2/c1-29-26(34)27(28)11-13-10-19(27)32-18-9-5-3-7-15(18)21-22-16(12-30-25(22)33)20-14-6-2-4-8-17(14)31(13)23(20)24(21)32/h2-9,13,19H,10-12,28H2,1H3,(H,29,34)(H,30,33)/t13-,19+,27-/m0/s1. The van der Waals surface area contributed by atoms with Crippen LogP contribution < -0.4 is 16.4 Å². The molecule has 168 valence electrons. The molecule has 3 aliphatic rings. The molecule has 4 heterocycles. The summed E-state index contributed by atoms with van der Waals surface area (Å²) in [5.74, 6) is -0.169. The lowest BCUT2D eigenvalue weighted by molar-refractivity contribution is -0.126. The molecule has 0 radical (unpaired) electrons. The van der Waals surface area contributed by atoms with Gasteiger partial charge in [-0.2, -0.15) is 0 Å². The van der Waals surface area contributed by atoms with Crippen molar-refractivity contribution >= 4 is 55.4 Å². The molecule has 4 N–H and O–H groups in total. The molecule has 2 aromatic heterocycles. The second-order valence-electron chi connectivity index (χ2n) is 9.99. The highest BCUT2D eigenvalue weighted by molar-refractivity contribution is 6.31. The fourth-order valence-corrected chi connectivity index (χ4v) is 7.30. The SMILES string of the molecule is CNC(=O)[C@]1(N)C[C@@H]2C[C@H]1n1c3ccccc3c3c4c(c5c6ccccc6n2c5c31)CNC4=O. The van der Waals surface area contributed by atoms with Crippen LogP contribution in [0.5, 0.6) is 0 Å². The van der Waals surface area contributed by atoms with Gasteiger partial charge in [-0.25, -0.2) is 0 Å². The van der Waals surface area contributed by atoms with Gasteiger partial charge in [0, 0.05) is 52.2 Å². The molecule has 2 bridgehead atoms. The Kier molecular flexibility index (Phi) is 3.17. The quantitative estimate of drug-likeness (QED) is 0.366. The van der Waals surface area contributed by atoms with Crippen molar-refractivity contribution in [1.29, 1.82) is 0 Å². The lowest BCUT2D eigenvalue weighted by Gasteiger charge is -2.32. The Labute approximate surface area is 194 Å². The molecule has 3 aromatic carbocycles. The highest BCUT2D eigenvalue weighted by atomic mass is 16.2. The van der Waals surface area contributed by atoms with Gasteiger partial charge in [0.25, 0.3) is 5.91 Å². The van der Waals surface area contributed by atoms with Crippen LogP contribution in [0.25, 0.3) is 43.6 Å². The van der Waals surface area contributed by atoms with E-state index in [1.54, 1.807) is 7.05 Å². The fourth-order valence-electron chi connectivity index (χ4n) is 7.30. The first-order valence-corrected chi connectivity index (χ1v) is 11.8. The minimum Gasteiger partial charge on any atom is -0.358 e. The Morgan fingerprint density at radius 1 is 1.03 bits per heavy atom. The Bertz CT molecular complexity index is 1780. The molecule has 2 aliphatic heterocycles. The summed E-state index contributed by atoms with van der Waals surface area (Å²) in [4.78, 5) is 26.5. The first-order chi connectivity index (χ1) is 16.5. The van der Waals surface area contributed by atoms with Crippen LogP contribution in [-0.2, 0) is 11.3 Å². The van der Waals surface area contributed by atoms with E-state index in [-0.39, 0.29) is 23.9 Å². The number of likely N-dealkylation sites (N-methyl/N-ethyl adjacent to an activating group) is 1. The highest BCUT2D eigenvalue weighted by Crippen LogP contribution is 2.55. The number of hydrogen-bond donors (Lipinski definition) is 3. The molecule has 3 atom stereocenters. The fraction of sp³-hybridized carbons (Fsp3) is 0.259. The third-order valence-electron chi connectivity index (χ3n) is 8.54. The van der Waals surface area contributed by atoms with Gasteiger partial charge in [0.15, 0.2) is 0 Å². The van der Waals surface area contributed by atoms with Crippen LogP contribution >= 0.6 is 0 Å². The lowest BCUT2D eigenvalue weighted by Crippen LogP contribution is -2.56. The van der Waals surface area contributed by atoms with E-state index in [0.717, 1.165) is 61.2 Å². The average molecular weight is 450 g/mol. The largest absolute Gasteiger partial charge is 0.358 e. The Balaban J connectivity index is 1.71. The number of para-hydroxylation sites is 2. The van der Waals surface area contributed by atoms with Crippen molar-refractivity contribution in [2.24, 2.45) is 5.73 Å².